The number of amides is 1. The van der Waals surface area contributed by atoms with Gasteiger partial charge in [-0.15, -0.1) is 0 Å². The molecule has 23 heavy (non-hydrogen) atoms. The monoisotopic (exact) mass is 337 g/mol. The predicted octanol–water partition coefficient (Wildman–Crippen LogP) is 1.36. The van der Waals surface area contributed by atoms with Crippen LogP contribution in [0.4, 0.5) is 11.5 Å². The standard InChI is InChI=1S/C15H22N4O3S/c1-3-11-15(20)18(2)12-8-16-13(9-23(21)22)17-14(12)19(11)10-6-4-5-7-10/h8,10-11H,3-7,9H2,1-2H3,(H,21,22)/p-1/t11-/m1/s1. The van der Waals surface area contributed by atoms with Gasteiger partial charge >= 0.3 is 0 Å². The molecule has 1 fully saturated rings. The number of fused-ring (bicyclic) bond motifs is 1. The minimum Gasteiger partial charge on any atom is -0.772 e. The summed E-state index contributed by atoms with van der Waals surface area (Å²) in [6, 6.07) is 0.0490. The average Bonchev–Trinajstić information content (AvgIpc) is 3.03. The van der Waals surface area contributed by atoms with Crippen molar-refractivity contribution in [1.29, 1.82) is 0 Å². The molecule has 0 N–H and O–H groups in total. The van der Waals surface area contributed by atoms with Gasteiger partial charge in [-0.1, -0.05) is 19.8 Å². The number of aromatic nitrogens is 2. The maximum Gasteiger partial charge on any atom is 0.249 e. The van der Waals surface area contributed by atoms with Gasteiger partial charge in [0.05, 0.1) is 11.9 Å². The molecule has 1 saturated carbocycles. The first kappa shape index (κ1) is 16.3. The Morgan fingerprint density at radius 3 is 2.70 bits per heavy atom. The highest BCUT2D eigenvalue weighted by atomic mass is 32.2. The molecule has 0 aromatic carbocycles. The largest absolute Gasteiger partial charge is 0.772 e. The van der Waals surface area contributed by atoms with Crippen LogP contribution in [0, 0.1) is 0 Å². The van der Waals surface area contributed by atoms with E-state index >= 15 is 0 Å². The number of rotatable bonds is 4. The molecule has 1 aromatic heterocycles. The van der Waals surface area contributed by atoms with Crippen LogP contribution in [0.25, 0.3) is 0 Å². The molecular formula is C15H21N4O3S-. The number of nitrogens with zero attached hydrogens (tertiary/aromatic N) is 4. The third kappa shape index (κ3) is 2.97. The summed E-state index contributed by atoms with van der Waals surface area (Å²) in [5.74, 6) is 0.815. The van der Waals surface area contributed by atoms with Crippen molar-refractivity contribution in [1.82, 2.24) is 9.97 Å². The highest BCUT2D eigenvalue weighted by molar-refractivity contribution is 7.78. The van der Waals surface area contributed by atoms with Crippen LogP contribution < -0.4 is 9.80 Å². The van der Waals surface area contributed by atoms with Gasteiger partial charge in [0.15, 0.2) is 5.82 Å². The maximum absolute atomic E-state index is 12.7. The van der Waals surface area contributed by atoms with Gasteiger partial charge in [0.1, 0.15) is 17.6 Å². The molecule has 0 spiro atoms. The summed E-state index contributed by atoms with van der Waals surface area (Å²) >= 11 is -2.23. The number of hydrogen-bond donors (Lipinski definition) is 0. The number of carbonyl (C=O) groups excluding carboxylic acids is 1. The highest BCUT2D eigenvalue weighted by Crippen LogP contribution is 2.39. The molecule has 1 aliphatic carbocycles. The van der Waals surface area contributed by atoms with E-state index in [2.05, 4.69) is 14.9 Å². The van der Waals surface area contributed by atoms with Crippen molar-refractivity contribution >= 4 is 28.5 Å². The van der Waals surface area contributed by atoms with Gasteiger partial charge in [-0.2, -0.15) is 0 Å². The predicted molar refractivity (Wildman–Crippen MR) is 86.9 cm³/mol. The van der Waals surface area contributed by atoms with E-state index in [0.29, 0.717) is 17.9 Å². The van der Waals surface area contributed by atoms with Crippen molar-refractivity contribution in [3.8, 4) is 0 Å². The smallest absolute Gasteiger partial charge is 0.249 e. The topological polar surface area (TPSA) is 89.5 Å². The van der Waals surface area contributed by atoms with Gasteiger partial charge < -0.3 is 14.4 Å². The third-order valence-corrected chi connectivity index (χ3v) is 5.20. The van der Waals surface area contributed by atoms with E-state index in [9.17, 15) is 13.6 Å². The van der Waals surface area contributed by atoms with Gasteiger partial charge in [-0.05, 0) is 30.3 Å². The first-order valence-electron chi connectivity index (χ1n) is 8.00. The van der Waals surface area contributed by atoms with Crippen LogP contribution in [0.15, 0.2) is 6.20 Å². The van der Waals surface area contributed by atoms with Crippen LogP contribution in [0.2, 0.25) is 0 Å². The summed E-state index contributed by atoms with van der Waals surface area (Å²) in [7, 11) is 1.73. The second-order valence-electron chi connectivity index (χ2n) is 6.11. The van der Waals surface area contributed by atoms with E-state index in [4.69, 9.17) is 0 Å². The molecule has 0 radical (unpaired) electrons. The molecular weight excluding hydrogens is 316 g/mol. The molecule has 8 heteroatoms. The fourth-order valence-electron chi connectivity index (χ4n) is 3.59. The van der Waals surface area contributed by atoms with Gasteiger partial charge in [0.2, 0.25) is 5.91 Å². The number of carbonyl (C=O) groups is 1. The molecule has 126 valence electrons. The van der Waals surface area contributed by atoms with Crippen LogP contribution in [0.3, 0.4) is 0 Å². The summed E-state index contributed by atoms with van der Waals surface area (Å²) in [5.41, 5.74) is 0.659. The first-order chi connectivity index (χ1) is 11.0. The Hall–Kier alpha value is -1.54. The van der Waals surface area contributed by atoms with E-state index in [-0.39, 0.29) is 29.6 Å². The molecule has 2 aliphatic rings. The fraction of sp³-hybridized carbons (Fsp3) is 0.667. The Bertz CT molecular complexity index is 633. The van der Waals surface area contributed by atoms with Crippen molar-refractivity contribution < 1.29 is 13.6 Å². The van der Waals surface area contributed by atoms with Gasteiger partial charge in [-0.3, -0.25) is 9.00 Å². The van der Waals surface area contributed by atoms with Gasteiger partial charge in [-0.25, -0.2) is 9.97 Å². The summed E-state index contributed by atoms with van der Waals surface area (Å²) in [6.07, 6.45) is 6.65. The lowest BCUT2D eigenvalue weighted by Gasteiger charge is -2.43. The van der Waals surface area contributed by atoms with Crippen molar-refractivity contribution in [2.45, 2.75) is 56.9 Å². The van der Waals surface area contributed by atoms with E-state index in [1.165, 1.54) is 0 Å². The lowest BCUT2D eigenvalue weighted by Crippen LogP contribution is -2.55. The Balaban J connectivity index is 2.07. The zero-order valence-corrected chi connectivity index (χ0v) is 14.2. The Labute approximate surface area is 138 Å². The lowest BCUT2D eigenvalue weighted by molar-refractivity contribution is -0.120. The van der Waals surface area contributed by atoms with Crippen molar-refractivity contribution in [3.05, 3.63) is 12.0 Å². The van der Waals surface area contributed by atoms with E-state index < -0.39 is 11.1 Å². The van der Waals surface area contributed by atoms with Crippen LogP contribution in [-0.2, 0) is 21.6 Å². The molecule has 1 aromatic rings. The minimum absolute atomic E-state index is 0.0515. The molecule has 2 heterocycles. The zero-order chi connectivity index (χ0) is 16.6. The molecule has 1 unspecified atom stereocenters. The molecule has 0 bridgehead atoms. The minimum atomic E-state index is -2.23. The third-order valence-electron chi connectivity index (χ3n) is 4.71. The Morgan fingerprint density at radius 2 is 2.09 bits per heavy atom. The van der Waals surface area contributed by atoms with E-state index in [0.717, 1.165) is 25.7 Å². The van der Waals surface area contributed by atoms with Crippen LogP contribution in [-0.4, -0.2) is 43.8 Å². The van der Waals surface area contributed by atoms with E-state index in [1.807, 2.05) is 6.92 Å². The SMILES string of the molecule is CC[C@@H]1C(=O)N(C)c2cnc(CS(=O)[O-])nc2N1C1CCCC1. The molecule has 2 atom stereocenters. The average molecular weight is 337 g/mol. The number of hydrogen-bond acceptors (Lipinski definition) is 6. The van der Waals surface area contributed by atoms with Crippen LogP contribution in [0.5, 0.6) is 0 Å². The summed E-state index contributed by atoms with van der Waals surface area (Å²) in [6.45, 7) is 2.00. The fourth-order valence-corrected chi connectivity index (χ4v) is 3.94. The summed E-state index contributed by atoms with van der Waals surface area (Å²) in [4.78, 5) is 25.0. The second kappa shape index (κ2) is 6.52. The lowest BCUT2D eigenvalue weighted by atomic mass is 10.0. The Morgan fingerprint density at radius 1 is 1.39 bits per heavy atom. The highest BCUT2D eigenvalue weighted by Gasteiger charge is 2.41. The van der Waals surface area contributed by atoms with Crippen LogP contribution >= 0.6 is 0 Å². The maximum atomic E-state index is 12.7. The Kier molecular flexibility index (Phi) is 4.63. The van der Waals surface area contributed by atoms with E-state index in [1.54, 1.807) is 18.1 Å². The van der Waals surface area contributed by atoms with Gasteiger partial charge in [0.25, 0.3) is 0 Å². The molecule has 3 rings (SSSR count). The van der Waals surface area contributed by atoms with Crippen molar-refractivity contribution in [3.63, 3.8) is 0 Å². The second-order valence-corrected chi connectivity index (χ2v) is 7.01. The van der Waals surface area contributed by atoms with Crippen molar-refractivity contribution in [2.75, 3.05) is 16.8 Å². The number of anilines is 2. The van der Waals surface area contributed by atoms with Crippen molar-refractivity contribution in [2.24, 2.45) is 0 Å². The van der Waals surface area contributed by atoms with Gasteiger partial charge in [0, 0.05) is 13.1 Å². The summed E-state index contributed by atoms with van der Waals surface area (Å²) in [5, 5.41) is 0. The quantitative estimate of drug-likeness (QED) is 0.771. The molecule has 7 nitrogen and oxygen atoms in total. The number of likely N-dealkylation sites (N-methyl/N-ethyl adjacent to an activating group) is 1. The zero-order valence-electron chi connectivity index (χ0n) is 13.4. The van der Waals surface area contributed by atoms with Crippen LogP contribution in [0.1, 0.15) is 44.9 Å². The molecule has 1 amide bonds. The first-order valence-corrected chi connectivity index (χ1v) is 9.25. The normalized spacial score (nSPS) is 23.3. The summed E-state index contributed by atoms with van der Waals surface area (Å²) < 4.78 is 21.9. The molecule has 0 saturated heterocycles. The molecule has 1 aliphatic heterocycles.